The molecule has 4 aromatic heterocycles. The summed E-state index contributed by atoms with van der Waals surface area (Å²) in [6.45, 7) is 0. The van der Waals surface area contributed by atoms with Crippen molar-refractivity contribution in [1.29, 1.82) is 0 Å². The van der Waals surface area contributed by atoms with Crippen LogP contribution >= 0.6 is 11.3 Å². The van der Waals surface area contributed by atoms with E-state index in [-0.39, 0.29) is 5.56 Å². The molecule has 0 saturated carbocycles. The van der Waals surface area contributed by atoms with E-state index in [0.717, 1.165) is 32.5 Å². The lowest BCUT2D eigenvalue weighted by molar-refractivity contribution is 0.969. The van der Waals surface area contributed by atoms with Gasteiger partial charge in [0.1, 0.15) is 15.9 Å². The van der Waals surface area contributed by atoms with Gasteiger partial charge >= 0.3 is 0 Å². The minimum absolute atomic E-state index is 0.0754. The quantitative estimate of drug-likeness (QED) is 0.522. The summed E-state index contributed by atoms with van der Waals surface area (Å²) in [6.07, 6.45) is 5.26. The zero-order valence-corrected chi connectivity index (χ0v) is 15.0. The first-order valence-electron chi connectivity index (χ1n) is 8.17. The third-order valence-corrected chi connectivity index (χ3v) is 5.63. The van der Waals surface area contributed by atoms with Crippen LogP contribution in [0.25, 0.3) is 37.0 Å². The van der Waals surface area contributed by atoms with E-state index in [2.05, 4.69) is 15.0 Å². The fourth-order valence-electron chi connectivity index (χ4n) is 3.28. The van der Waals surface area contributed by atoms with Gasteiger partial charge in [-0.15, -0.1) is 11.3 Å². The van der Waals surface area contributed by atoms with E-state index in [1.807, 2.05) is 55.5 Å². The van der Waals surface area contributed by atoms with Gasteiger partial charge < -0.3 is 9.88 Å². The van der Waals surface area contributed by atoms with Crippen LogP contribution in [0.3, 0.4) is 0 Å². The Labute approximate surface area is 152 Å². The first-order valence-corrected chi connectivity index (χ1v) is 8.99. The van der Waals surface area contributed by atoms with Crippen LogP contribution in [0.2, 0.25) is 0 Å². The van der Waals surface area contributed by atoms with Crippen molar-refractivity contribution in [3.63, 3.8) is 0 Å². The molecule has 0 aliphatic rings. The van der Waals surface area contributed by atoms with Crippen LogP contribution in [0.1, 0.15) is 0 Å². The molecule has 0 amide bonds. The third-order valence-electron chi connectivity index (χ3n) is 4.56. The van der Waals surface area contributed by atoms with Crippen LogP contribution in [0, 0.1) is 0 Å². The van der Waals surface area contributed by atoms with E-state index in [0.29, 0.717) is 10.2 Å². The maximum atomic E-state index is 13.1. The van der Waals surface area contributed by atoms with Crippen LogP contribution in [0.15, 0.2) is 53.8 Å². The van der Waals surface area contributed by atoms with Gasteiger partial charge in [0.2, 0.25) is 0 Å². The van der Waals surface area contributed by atoms with Crippen LogP contribution in [0.4, 0.5) is 5.69 Å². The molecule has 26 heavy (non-hydrogen) atoms. The highest BCUT2D eigenvalue weighted by atomic mass is 32.1. The Morgan fingerprint density at radius 1 is 1.15 bits per heavy atom. The molecule has 5 rings (SSSR count). The van der Waals surface area contributed by atoms with Crippen molar-refractivity contribution in [2.24, 2.45) is 0 Å². The van der Waals surface area contributed by atoms with Gasteiger partial charge in [0.25, 0.3) is 5.56 Å². The second kappa shape index (κ2) is 5.40. The lowest BCUT2D eigenvalue weighted by atomic mass is 10.2. The van der Waals surface area contributed by atoms with Gasteiger partial charge in [0.05, 0.1) is 22.3 Å². The molecule has 6 nitrogen and oxygen atoms in total. The molecule has 0 aliphatic heterocycles. The van der Waals surface area contributed by atoms with E-state index in [1.54, 1.807) is 17.1 Å². The number of anilines is 1. The fourth-order valence-corrected chi connectivity index (χ4v) is 4.33. The van der Waals surface area contributed by atoms with Crippen molar-refractivity contribution >= 4 is 48.4 Å². The fraction of sp³-hybridized carbons (Fsp3) is 0.105. The van der Waals surface area contributed by atoms with Gasteiger partial charge in [-0.25, -0.2) is 9.97 Å². The van der Waals surface area contributed by atoms with Crippen molar-refractivity contribution in [1.82, 2.24) is 19.5 Å². The van der Waals surface area contributed by atoms with E-state index in [4.69, 9.17) is 0 Å². The monoisotopic (exact) mass is 361 g/mol. The Morgan fingerprint density at radius 3 is 2.88 bits per heavy atom. The smallest absolute Gasteiger partial charge is 0.275 e. The molecule has 0 radical (unpaired) electrons. The summed E-state index contributed by atoms with van der Waals surface area (Å²) in [4.78, 5) is 28.2. The molecule has 0 saturated heterocycles. The number of pyridine rings is 1. The summed E-state index contributed by atoms with van der Waals surface area (Å²) in [5, 5.41) is 2.04. The Morgan fingerprint density at radius 2 is 2.04 bits per heavy atom. The van der Waals surface area contributed by atoms with Crippen LogP contribution in [0.5, 0.6) is 0 Å². The van der Waals surface area contributed by atoms with Gasteiger partial charge in [-0.3, -0.25) is 9.36 Å². The molecule has 0 fully saturated rings. The maximum Gasteiger partial charge on any atom is 0.275 e. The molecule has 4 heterocycles. The number of nitrogens with one attached hydrogen (secondary N) is 1. The molecule has 0 atom stereocenters. The average Bonchev–Trinajstić information content (AvgIpc) is 3.25. The van der Waals surface area contributed by atoms with E-state index in [9.17, 15) is 4.79 Å². The van der Waals surface area contributed by atoms with Crippen LogP contribution in [-0.2, 0) is 0 Å². The van der Waals surface area contributed by atoms with Crippen molar-refractivity contribution in [3.05, 3.63) is 59.4 Å². The first-order chi connectivity index (χ1) is 12.6. The standard InChI is InChI=1S/C19H15N5OS/c1-23(2)14-6-8-21-18-15(14)16-17(26-18)19(25)24(10-22-16)12-4-3-11-5-7-20-13(11)9-12/h3-10,20H,1-2H3. The number of aromatic amines is 1. The lowest BCUT2D eigenvalue weighted by Gasteiger charge is -2.13. The molecule has 128 valence electrons. The molecule has 0 bridgehead atoms. The molecule has 1 aromatic carbocycles. The van der Waals surface area contributed by atoms with Crippen molar-refractivity contribution in [3.8, 4) is 5.69 Å². The van der Waals surface area contributed by atoms with Gasteiger partial charge in [0, 0.05) is 32.0 Å². The highest BCUT2D eigenvalue weighted by Gasteiger charge is 2.17. The predicted molar refractivity (Wildman–Crippen MR) is 107 cm³/mol. The molecule has 7 heteroatoms. The summed E-state index contributed by atoms with van der Waals surface area (Å²) in [7, 11) is 3.95. The summed E-state index contributed by atoms with van der Waals surface area (Å²) < 4.78 is 2.21. The van der Waals surface area contributed by atoms with Crippen molar-refractivity contribution < 1.29 is 0 Å². The highest BCUT2D eigenvalue weighted by molar-refractivity contribution is 7.25. The van der Waals surface area contributed by atoms with Gasteiger partial charge in [-0.2, -0.15) is 0 Å². The maximum absolute atomic E-state index is 13.1. The van der Waals surface area contributed by atoms with E-state index < -0.39 is 0 Å². The van der Waals surface area contributed by atoms with Crippen molar-refractivity contribution in [2.45, 2.75) is 0 Å². The molecule has 0 aliphatic carbocycles. The normalized spacial score (nSPS) is 11.6. The number of aromatic nitrogens is 4. The zero-order valence-electron chi connectivity index (χ0n) is 14.2. The minimum atomic E-state index is -0.0754. The Kier molecular flexibility index (Phi) is 3.14. The number of rotatable bonds is 2. The number of thiophene rings is 1. The topological polar surface area (TPSA) is 66.8 Å². The number of H-pyrrole nitrogens is 1. The van der Waals surface area contributed by atoms with E-state index >= 15 is 0 Å². The SMILES string of the molecule is CN(C)c1ccnc2sc3c(=O)n(-c4ccc5cc[nH]c5c4)cnc3c12. The van der Waals surface area contributed by atoms with E-state index in [1.165, 1.54) is 11.3 Å². The van der Waals surface area contributed by atoms with Crippen LogP contribution < -0.4 is 10.5 Å². The first kappa shape index (κ1) is 15.1. The lowest BCUT2D eigenvalue weighted by Crippen LogP contribution is -2.17. The minimum Gasteiger partial charge on any atom is -0.377 e. The van der Waals surface area contributed by atoms with Gasteiger partial charge in [0.15, 0.2) is 0 Å². The molecule has 0 unspecified atom stereocenters. The number of hydrogen-bond acceptors (Lipinski definition) is 5. The summed E-state index contributed by atoms with van der Waals surface area (Å²) in [5.41, 5.74) is 3.43. The molecule has 0 spiro atoms. The summed E-state index contributed by atoms with van der Waals surface area (Å²) >= 11 is 1.39. The summed E-state index contributed by atoms with van der Waals surface area (Å²) in [6, 6.07) is 9.84. The van der Waals surface area contributed by atoms with Gasteiger partial charge in [-0.05, 0) is 29.7 Å². The second-order valence-electron chi connectivity index (χ2n) is 6.35. The Hall–Kier alpha value is -3.19. The zero-order chi connectivity index (χ0) is 17.8. The predicted octanol–water partition coefficient (Wildman–Crippen LogP) is 3.54. The largest absolute Gasteiger partial charge is 0.377 e. The number of hydrogen-bond donors (Lipinski definition) is 1. The van der Waals surface area contributed by atoms with Crippen molar-refractivity contribution in [2.75, 3.05) is 19.0 Å². The van der Waals surface area contributed by atoms with Gasteiger partial charge in [-0.1, -0.05) is 6.07 Å². The molecular weight excluding hydrogens is 346 g/mol. The average molecular weight is 361 g/mol. The Bertz CT molecular complexity index is 1340. The Balaban J connectivity index is 1.81. The third kappa shape index (κ3) is 2.07. The number of benzene rings is 1. The molecular formula is C19H15N5OS. The van der Waals surface area contributed by atoms with Crippen LogP contribution in [-0.4, -0.2) is 33.6 Å². The molecule has 5 aromatic rings. The number of nitrogens with zero attached hydrogens (tertiary/aromatic N) is 4. The summed E-state index contributed by atoms with van der Waals surface area (Å²) in [5.74, 6) is 0. The molecule has 1 N–H and O–H groups in total. The number of fused-ring (bicyclic) bond motifs is 4. The highest BCUT2D eigenvalue weighted by Crippen LogP contribution is 2.35. The second-order valence-corrected chi connectivity index (χ2v) is 7.35.